The summed E-state index contributed by atoms with van der Waals surface area (Å²) >= 11 is 1.60. The predicted molar refractivity (Wildman–Crippen MR) is 66.6 cm³/mol. The van der Waals surface area contributed by atoms with Gasteiger partial charge in [-0.05, 0) is 12.1 Å². The van der Waals surface area contributed by atoms with Crippen LogP contribution in [0.25, 0.3) is 0 Å². The van der Waals surface area contributed by atoms with E-state index in [1.165, 1.54) is 0 Å². The van der Waals surface area contributed by atoms with Gasteiger partial charge in [0.25, 0.3) is 0 Å². The van der Waals surface area contributed by atoms with Crippen molar-refractivity contribution in [3.05, 3.63) is 30.0 Å². The van der Waals surface area contributed by atoms with Crippen molar-refractivity contribution in [1.82, 2.24) is 15.1 Å². The summed E-state index contributed by atoms with van der Waals surface area (Å²) in [5.74, 6) is 2.84. The molecule has 2 aromatic heterocycles. The summed E-state index contributed by atoms with van der Waals surface area (Å²) in [6.07, 6.45) is 1.74. The summed E-state index contributed by atoms with van der Waals surface area (Å²) in [5, 5.41) is 3.92. The Kier molecular flexibility index (Phi) is 3.63. The van der Waals surface area contributed by atoms with Crippen molar-refractivity contribution in [3.8, 4) is 0 Å². The lowest BCUT2D eigenvalue weighted by molar-refractivity contribution is 0.362. The van der Waals surface area contributed by atoms with Crippen LogP contribution in [0, 0.1) is 0 Å². The molecule has 0 amide bonds. The second-order valence-corrected chi connectivity index (χ2v) is 4.96. The second-order valence-electron chi connectivity index (χ2n) is 3.91. The molecular weight excluding hydrogens is 236 g/mol. The van der Waals surface area contributed by atoms with Crippen LogP contribution in [0.1, 0.15) is 31.5 Å². The first-order valence-corrected chi connectivity index (χ1v) is 6.30. The van der Waals surface area contributed by atoms with Crippen molar-refractivity contribution >= 4 is 17.6 Å². The van der Waals surface area contributed by atoms with Gasteiger partial charge in [-0.3, -0.25) is 0 Å². The molecule has 2 N–H and O–H groups in total. The first-order chi connectivity index (χ1) is 8.15. The van der Waals surface area contributed by atoms with Crippen LogP contribution in [0.2, 0.25) is 0 Å². The lowest BCUT2D eigenvalue weighted by atomic mass is 10.2. The van der Waals surface area contributed by atoms with E-state index in [9.17, 15) is 0 Å². The highest BCUT2D eigenvalue weighted by Crippen LogP contribution is 2.22. The topological polar surface area (TPSA) is 77.8 Å². The molecule has 0 radical (unpaired) electrons. The van der Waals surface area contributed by atoms with E-state index in [4.69, 9.17) is 10.3 Å². The Bertz CT molecular complexity index is 480. The second kappa shape index (κ2) is 5.18. The van der Waals surface area contributed by atoms with Gasteiger partial charge in [0.15, 0.2) is 5.82 Å². The Morgan fingerprint density at radius 2 is 2.24 bits per heavy atom. The van der Waals surface area contributed by atoms with Gasteiger partial charge in [-0.1, -0.05) is 19.0 Å². The molecule has 6 heteroatoms. The van der Waals surface area contributed by atoms with Gasteiger partial charge in [-0.15, -0.1) is 11.8 Å². The molecule has 0 saturated carbocycles. The Labute approximate surface area is 104 Å². The van der Waals surface area contributed by atoms with Crippen molar-refractivity contribution in [2.75, 3.05) is 5.73 Å². The molecule has 0 aliphatic heterocycles. The van der Waals surface area contributed by atoms with Crippen molar-refractivity contribution < 1.29 is 4.52 Å². The molecule has 0 aromatic carbocycles. The van der Waals surface area contributed by atoms with Crippen LogP contribution in [0.5, 0.6) is 0 Å². The van der Waals surface area contributed by atoms with Crippen LogP contribution in [-0.2, 0) is 5.75 Å². The third kappa shape index (κ3) is 3.20. The highest BCUT2D eigenvalue weighted by molar-refractivity contribution is 7.98. The van der Waals surface area contributed by atoms with Gasteiger partial charge in [0.1, 0.15) is 5.82 Å². The predicted octanol–water partition coefficient (Wildman–Crippen LogP) is 2.46. The monoisotopic (exact) mass is 250 g/mol. The molecule has 2 rings (SSSR count). The smallest absolute Gasteiger partial charge is 0.229 e. The molecule has 0 bridgehead atoms. The molecule has 0 saturated heterocycles. The summed E-state index contributed by atoms with van der Waals surface area (Å²) in [7, 11) is 0. The molecule has 0 unspecified atom stereocenters. The van der Waals surface area contributed by atoms with Gasteiger partial charge in [-0.25, -0.2) is 4.98 Å². The zero-order valence-electron chi connectivity index (χ0n) is 9.75. The van der Waals surface area contributed by atoms with Gasteiger partial charge in [0.2, 0.25) is 5.89 Å². The summed E-state index contributed by atoms with van der Waals surface area (Å²) in [4.78, 5) is 9.35. The van der Waals surface area contributed by atoms with E-state index in [-0.39, 0.29) is 5.92 Å². The van der Waals surface area contributed by atoms with E-state index in [1.807, 2.05) is 19.9 Å². The van der Waals surface area contributed by atoms with E-state index < -0.39 is 0 Å². The highest BCUT2D eigenvalue weighted by atomic mass is 32.2. The highest BCUT2D eigenvalue weighted by Gasteiger charge is 2.09. The third-order valence-corrected chi connectivity index (χ3v) is 3.08. The molecule has 0 spiro atoms. The van der Waals surface area contributed by atoms with E-state index in [0.29, 0.717) is 23.3 Å². The fourth-order valence-corrected chi connectivity index (χ4v) is 1.89. The molecule has 0 atom stereocenters. The standard InChI is InChI=1S/C11H14N4OS/c1-7(2)11-14-10(15-16-11)6-17-8-3-4-9(12)13-5-8/h3-5,7H,6H2,1-2H3,(H2,12,13). The fraction of sp³-hybridized carbons (Fsp3) is 0.364. The molecular formula is C11H14N4OS. The van der Waals surface area contributed by atoms with Gasteiger partial charge < -0.3 is 10.3 Å². The number of hydrogen-bond acceptors (Lipinski definition) is 6. The fourth-order valence-electron chi connectivity index (χ4n) is 1.19. The summed E-state index contributed by atoms with van der Waals surface area (Å²) in [5.41, 5.74) is 5.51. The Hall–Kier alpha value is -1.56. The van der Waals surface area contributed by atoms with Crippen LogP contribution in [0.15, 0.2) is 27.7 Å². The van der Waals surface area contributed by atoms with Gasteiger partial charge in [0.05, 0.1) is 5.75 Å². The molecule has 2 aromatic rings. The van der Waals surface area contributed by atoms with Crippen molar-refractivity contribution in [2.24, 2.45) is 0 Å². The quantitative estimate of drug-likeness (QED) is 0.840. The maximum atomic E-state index is 5.51. The first-order valence-electron chi connectivity index (χ1n) is 5.32. The van der Waals surface area contributed by atoms with Gasteiger partial charge >= 0.3 is 0 Å². The van der Waals surface area contributed by atoms with Crippen LogP contribution >= 0.6 is 11.8 Å². The zero-order valence-corrected chi connectivity index (χ0v) is 10.6. The number of thioether (sulfide) groups is 1. The number of aromatic nitrogens is 3. The lowest BCUT2D eigenvalue weighted by Gasteiger charge is -1.98. The Balaban J connectivity index is 1.95. The number of anilines is 1. The summed E-state index contributed by atoms with van der Waals surface area (Å²) < 4.78 is 5.12. The molecule has 2 heterocycles. The molecule has 17 heavy (non-hydrogen) atoms. The minimum Gasteiger partial charge on any atom is -0.384 e. The van der Waals surface area contributed by atoms with Crippen molar-refractivity contribution in [2.45, 2.75) is 30.4 Å². The first kappa shape index (κ1) is 11.9. The van der Waals surface area contributed by atoms with Crippen LogP contribution < -0.4 is 5.73 Å². The number of nitrogens with two attached hydrogens (primary N) is 1. The van der Waals surface area contributed by atoms with E-state index in [0.717, 1.165) is 4.90 Å². The normalized spacial score (nSPS) is 11.0. The zero-order chi connectivity index (χ0) is 12.3. The average Bonchev–Trinajstić information content (AvgIpc) is 2.77. The van der Waals surface area contributed by atoms with E-state index >= 15 is 0 Å². The third-order valence-electron chi connectivity index (χ3n) is 2.10. The van der Waals surface area contributed by atoms with Crippen LogP contribution in [0.3, 0.4) is 0 Å². The lowest BCUT2D eigenvalue weighted by Crippen LogP contribution is -1.90. The van der Waals surface area contributed by atoms with Gasteiger partial charge in [-0.2, -0.15) is 4.98 Å². The molecule has 0 fully saturated rings. The number of nitrogens with zero attached hydrogens (tertiary/aromatic N) is 3. The SMILES string of the molecule is CC(C)c1nc(CSc2ccc(N)nc2)no1. The van der Waals surface area contributed by atoms with E-state index in [2.05, 4.69) is 15.1 Å². The number of pyridine rings is 1. The Morgan fingerprint density at radius 3 is 2.82 bits per heavy atom. The number of hydrogen-bond donors (Lipinski definition) is 1. The average molecular weight is 250 g/mol. The Morgan fingerprint density at radius 1 is 1.41 bits per heavy atom. The van der Waals surface area contributed by atoms with E-state index in [1.54, 1.807) is 24.0 Å². The molecule has 0 aliphatic carbocycles. The van der Waals surface area contributed by atoms with Crippen LogP contribution in [0.4, 0.5) is 5.82 Å². The molecule has 0 aliphatic rings. The maximum Gasteiger partial charge on any atom is 0.229 e. The van der Waals surface area contributed by atoms with Crippen LogP contribution in [-0.4, -0.2) is 15.1 Å². The minimum absolute atomic E-state index is 0.263. The summed E-state index contributed by atoms with van der Waals surface area (Å²) in [6.45, 7) is 4.04. The summed E-state index contributed by atoms with van der Waals surface area (Å²) in [6, 6.07) is 3.70. The van der Waals surface area contributed by atoms with Crippen molar-refractivity contribution in [3.63, 3.8) is 0 Å². The number of nitrogen functional groups attached to an aromatic ring is 1. The minimum atomic E-state index is 0.263. The largest absolute Gasteiger partial charge is 0.384 e. The molecule has 5 nitrogen and oxygen atoms in total. The van der Waals surface area contributed by atoms with Gasteiger partial charge in [0, 0.05) is 17.0 Å². The van der Waals surface area contributed by atoms with Crippen molar-refractivity contribution in [1.29, 1.82) is 0 Å². The maximum absolute atomic E-state index is 5.51. The number of rotatable bonds is 4. The molecule has 90 valence electrons.